The van der Waals surface area contributed by atoms with Gasteiger partial charge < -0.3 is 5.32 Å². The summed E-state index contributed by atoms with van der Waals surface area (Å²) in [5.41, 5.74) is 2.24. The average Bonchev–Trinajstić information content (AvgIpc) is 2.65. The van der Waals surface area contributed by atoms with Crippen LogP contribution in [0.5, 0.6) is 0 Å². The number of hydrogen-bond donors (Lipinski definition) is 1. The van der Waals surface area contributed by atoms with Gasteiger partial charge in [0, 0.05) is 27.1 Å². The number of hydrogen-bond acceptors (Lipinski definition) is 3. The molecule has 0 aliphatic carbocycles. The summed E-state index contributed by atoms with van der Waals surface area (Å²) >= 11 is 5.22. The van der Waals surface area contributed by atoms with Crippen LogP contribution < -0.4 is 5.32 Å². The van der Waals surface area contributed by atoms with Gasteiger partial charge >= 0.3 is 0 Å². The zero-order valence-electron chi connectivity index (χ0n) is 9.20. The van der Waals surface area contributed by atoms with Crippen LogP contribution in [0.15, 0.2) is 34.4 Å². The molecule has 0 amide bonds. The van der Waals surface area contributed by atoms with Gasteiger partial charge in [-0.3, -0.25) is 4.98 Å². The monoisotopic (exact) mass is 296 g/mol. The van der Waals surface area contributed by atoms with Gasteiger partial charge in [-0.25, -0.2) is 0 Å². The number of rotatable bonds is 3. The van der Waals surface area contributed by atoms with E-state index in [-0.39, 0.29) is 0 Å². The first-order valence-electron chi connectivity index (χ1n) is 5.07. The lowest BCUT2D eigenvalue weighted by Gasteiger charge is -2.13. The third kappa shape index (κ3) is 2.83. The maximum atomic E-state index is 4.17. The van der Waals surface area contributed by atoms with Gasteiger partial charge in [0.1, 0.15) is 0 Å². The second-order valence-electron chi connectivity index (χ2n) is 3.78. The first kappa shape index (κ1) is 11.6. The van der Waals surface area contributed by atoms with Crippen LogP contribution in [-0.4, -0.2) is 4.98 Å². The van der Waals surface area contributed by atoms with Gasteiger partial charge in [0.15, 0.2) is 0 Å². The highest BCUT2D eigenvalue weighted by Gasteiger charge is 2.07. The Balaban J connectivity index is 2.10. The number of thiophene rings is 1. The Morgan fingerprint density at radius 1 is 1.38 bits per heavy atom. The molecule has 0 aliphatic heterocycles. The summed E-state index contributed by atoms with van der Waals surface area (Å²) in [5.74, 6) is 0. The van der Waals surface area contributed by atoms with Crippen molar-refractivity contribution in [2.75, 3.05) is 5.32 Å². The fourth-order valence-electron chi connectivity index (χ4n) is 1.51. The molecule has 16 heavy (non-hydrogen) atoms. The smallest absolute Gasteiger partial charge is 0.0579 e. The zero-order valence-corrected chi connectivity index (χ0v) is 11.6. The fraction of sp³-hybridized carbons (Fsp3) is 0.250. The highest BCUT2D eigenvalue weighted by atomic mass is 79.9. The van der Waals surface area contributed by atoms with Gasteiger partial charge in [0.25, 0.3) is 0 Å². The van der Waals surface area contributed by atoms with Crippen molar-refractivity contribution in [2.24, 2.45) is 0 Å². The molecule has 1 atom stereocenters. The topological polar surface area (TPSA) is 24.9 Å². The van der Waals surface area contributed by atoms with E-state index in [9.17, 15) is 0 Å². The molecule has 0 bridgehead atoms. The molecule has 2 rings (SSSR count). The van der Waals surface area contributed by atoms with E-state index in [1.54, 1.807) is 11.3 Å². The van der Waals surface area contributed by atoms with Crippen LogP contribution >= 0.6 is 27.3 Å². The molecule has 0 radical (unpaired) electrons. The van der Waals surface area contributed by atoms with Crippen molar-refractivity contribution < 1.29 is 0 Å². The summed E-state index contributed by atoms with van der Waals surface area (Å²) in [6, 6.07) is 4.55. The van der Waals surface area contributed by atoms with Crippen molar-refractivity contribution in [3.05, 3.63) is 44.8 Å². The van der Waals surface area contributed by atoms with Crippen LogP contribution in [0.2, 0.25) is 0 Å². The predicted molar refractivity (Wildman–Crippen MR) is 73.0 cm³/mol. The van der Waals surface area contributed by atoms with E-state index in [4.69, 9.17) is 0 Å². The van der Waals surface area contributed by atoms with Gasteiger partial charge in [-0.1, -0.05) is 0 Å². The van der Waals surface area contributed by atoms with Crippen LogP contribution in [0.4, 0.5) is 5.69 Å². The summed E-state index contributed by atoms with van der Waals surface area (Å²) in [7, 11) is 0. The first-order chi connectivity index (χ1) is 7.65. The van der Waals surface area contributed by atoms with Gasteiger partial charge in [-0.15, -0.1) is 11.3 Å². The third-order valence-electron chi connectivity index (χ3n) is 2.27. The summed E-state index contributed by atoms with van der Waals surface area (Å²) in [6.45, 7) is 4.20. The van der Waals surface area contributed by atoms with E-state index in [1.807, 2.05) is 19.3 Å². The number of anilines is 1. The minimum Gasteiger partial charge on any atom is -0.376 e. The SMILES string of the molecule is Cc1cncc(NC(C)c2cc(Br)cs2)c1. The Hall–Kier alpha value is -0.870. The van der Waals surface area contributed by atoms with Crippen molar-refractivity contribution in [1.82, 2.24) is 4.98 Å². The van der Waals surface area contributed by atoms with Crippen LogP contribution in [0.25, 0.3) is 0 Å². The maximum Gasteiger partial charge on any atom is 0.0579 e. The van der Waals surface area contributed by atoms with Crippen molar-refractivity contribution in [3.63, 3.8) is 0 Å². The third-order valence-corrected chi connectivity index (χ3v) is 4.15. The van der Waals surface area contributed by atoms with Crippen LogP contribution in [0.1, 0.15) is 23.4 Å². The number of halogens is 1. The minimum absolute atomic E-state index is 0.305. The van der Waals surface area contributed by atoms with Crippen LogP contribution in [0.3, 0.4) is 0 Å². The van der Waals surface area contributed by atoms with Gasteiger partial charge in [-0.05, 0) is 47.5 Å². The molecule has 0 saturated heterocycles. The molecule has 4 heteroatoms. The largest absolute Gasteiger partial charge is 0.376 e. The van der Waals surface area contributed by atoms with Crippen molar-refractivity contribution in [2.45, 2.75) is 19.9 Å². The molecule has 0 aromatic carbocycles. The molecule has 0 aliphatic rings. The average molecular weight is 297 g/mol. The summed E-state index contributed by atoms with van der Waals surface area (Å²) in [5, 5.41) is 5.54. The number of aromatic nitrogens is 1. The van der Waals surface area contributed by atoms with E-state index in [0.29, 0.717) is 6.04 Å². The molecule has 2 heterocycles. The van der Waals surface area contributed by atoms with E-state index in [0.717, 1.165) is 10.2 Å². The normalized spacial score (nSPS) is 12.4. The molecule has 0 fully saturated rings. The number of aryl methyl sites for hydroxylation is 1. The Bertz CT molecular complexity index is 481. The minimum atomic E-state index is 0.305. The maximum absolute atomic E-state index is 4.17. The van der Waals surface area contributed by atoms with Crippen molar-refractivity contribution in [1.29, 1.82) is 0 Å². The highest BCUT2D eigenvalue weighted by Crippen LogP contribution is 2.27. The summed E-state index contributed by atoms with van der Waals surface area (Å²) in [4.78, 5) is 5.48. The Labute approximate surface area is 108 Å². The van der Waals surface area contributed by atoms with Gasteiger partial charge in [0.2, 0.25) is 0 Å². The van der Waals surface area contributed by atoms with Crippen LogP contribution in [0, 0.1) is 6.92 Å². The molecule has 2 aromatic rings. The second-order valence-corrected chi connectivity index (χ2v) is 5.64. The fourth-order valence-corrected chi connectivity index (χ4v) is 2.96. The molecular formula is C12H13BrN2S. The quantitative estimate of drug-likeness (QED) is 0.909. The molecule has 1 N–H and O–H groups in total. The van der Waals surface area contributed by atoms with E-state index >= 15 is 0 Å². The molecule has 0 spiro atoms. The molecule has 2 nitrogen and oxygen atoms in total. The summed E-state index contributed by atoms with van der Waals surface area (Å²) < 4.78 is 1.14. The Morgan fingerprint density at radius 3 is 2.81 bits per heavy atom. The molecular weight excluding hydrogens is 284 g/mol. The molecule has 84 valence electrons. The predicted octanol–water partition coefficient (Wildman–Crippen LogP) is 4.39. The van der Waals surface area contributed by atoms with Crippen LogP contribution in [-0.2, 0) is 0 Å². The van der Waals surface area contributed by atoms with E-state index in [2.05, 4.69) is 50.7 Å². The Kier molecular flexibility index (Phi) is 3.61. The van der Waals surface area contributed by atoms with Crippen molar-refractivity contribution in [3.8, 4) is 0 Å². The standard InChI is InChI=1S/C12H13BrN2S/c1-8-3-11(6-14-5-8)15-9(2)12-4-10(13)7-16-12/h3-7,9,15H,1-2H3. The first-order valence-corrected chi connectivity index (χ1v) is 6.74. The lowest BCUT2D eigenvalue weighted by atomic mass is 10.2. The summed E-state index contributed by atoms with van der Waals surface area (Å²) in [6.07, 6.45) is 3.71. The highest BCUT2D eigenvalue weighted by molar-refractivity contribution is 9.10. The van der Waals surface area contributed by atoms with Crippen molar-refractivity contribution >= 4 is 33.0 Å². The number of nitrogens with one attached hydrogen (secondary N) is 1. The zero-order chi connectivity index (χ0) is 11.5. The Morgan fingerprint density at radius 2 is 2.19 bits per heavy atom. The number of nitrogens with zero attached hydrogens (tertiary/aromatic N) is 1. The van der Waals surface area contributed by atoms with Gasteiger partial charge in [0.05, 0.1) is 11.7 Å². The van der Waals surface area contributed by atoms with E-state index in [1.165, 1.54) is 10.4 Å². The number of pyridine rings is 1. The molecule has 0 saturated carbocycles. The van der Waals surface area contributed by atoms with Gasteiger partial charge in [-0.2, -0.15) is 0 Å². The molecule has 2 aromatic heterocycles. The van der Waals surface area contributed by atoms with E-state index < -0.39 is 0 Å². The molecule has 1 unspecified atom stereocenters. The second kappa shape index (κ2) is 4.97. The lowest BCUT2D eigenvalue weighted by molar-refractivity contribution is 0.904. The lowest BCUT2D eigenvalue weighted by Crippen LogP contribution is -2.05.